The number of fused-ring (bicyclic) bond motifs is 1. The summed E-state index contributed by atoms with van der Waals surface area (Å²) in [7, 11) is 1.69. The van der Waals surface area contributed by atoms with Crippen molar-refractivity contribution in [1.29, 1.82) is 0 Å². The van der Waals surface area contributed by atoms with E-state index in [0.717, 1.165) is 17.0 Å². The van der Waals surface area contributed by atoms with Crippen molar-refractivity contribution < 1.29 is 0 Å². The molecule has 0 aromatic carbocycles. The summed E-state index contributed by atoms with van der Waals surface area (Å²) >= 11 is 0. The number of anilines is 1. The summed E-state index contributed by atoms with van der Waals surface area (Å²) in [5.41, 5.74) is 3.10. The molecule has 3 heterocycles. The summed E-state index contributed by atoms with van der Waals surface area (Å²) in [5, 5.41) is 3.76. The van der Waals surface area contributed by atoms with Gasteiger partial charge in [-0.05, 0) is 39.0 Å². The molecule has 0 amide bonds. The van der Waals surface area contributed by atoms with E-state index in [4.69, 9.17) is 0 Å². The van der Waals surface area contributed by atoms with E-state index in [1.165, 1.54) is 10.9 Å². The van der Waals surface area contributed by atoms with Crippen LogP contribution in [0.5, 0.6) is 0 Å². The number of rotatable bonds is 3. The van der Waals surface area contributed by atoms with E-state index in [2.05, 4.69) is 20.3 Å². The fourth-order valence-electron chi connectivity index (χ4n) is 2.37. The highest BCUT2D eigenvalue weighted by Crippen LogP contribution is 2.24. The minimum Gasteiger partial charge on any atom is -0.367 e. The Morgan fingerprint density at radius 2 is 2.00 bits per heavy atom. The van der Waals surface area contributed by atoms with Crippen molar-refractivity contribution in [2.75, 3.05) is 5.32 Å². The maximum atomic E-state index is 12.5. The predicted molar refractivity (Wildman–Crippen MR) is 91.5 cm³/mol. The van der Waals surface area contributed by atoms with E-state index in [1.807, 2.05) is 39.0 Å². The summed E-state index contributed by atoms with van der Waals surface area (Å²) in [4.78, 5) is 25.8. The van der Waals surface area contributed by atoms with Gasteiger partial charge in [0.05, 0.1) is 17.5 Å². The molecule has 3 aromatic rings. The lowest BCUT2D eigenvalue weighted by Gasteiger charge is -2.13. The van der Waals surface area contributed by atoms with Gasteiger partial charge in [0.15, 0.2) is 0 Å². The fourth-order valence-corrected chi connectivity index (χ4v) is 2.37. The van der Waals surface area contributed by atoms with Gasteiger partial charge in [0.25, 0.3) is 5.56 Å². The number of hydrogen-bond acceptors (Lipinski definition) is 5. The predicted octanol–water partition coefficient (Wildman–Crippen LogP) is 2.52. The average molecular weight is 309 g/mol. The molecule has 3 aromatic heterocycles. The molecule has 6 nitrogen and oxygen atoms in total. The van der Waals surface area contributed by atoms with Gasteiger partial charge in [-0.1, -0.05) is 0 Å². The minimum absolute atomic E-state index is 0.112. The number of hydrogen-bond donors (Lipinski definition) is 1. The third-order valence-corrected chi connectivity index (χ3v) is 3.54. The Labute approximate surface area is 134 Å². The van der Waals surface area contributed by atoms with Crippen LogP contribution in [0.1, 0.15) is 19.5 Å². The molecule has 0 unspecified atom stereocenters. The van der Waals surface area contributed by atoms with Gasteiger partial charge in [0.1, 0.15) is 11.2 Å². The molecule has 118 valence electrons. The van der Waals surface area contributed by atoms with Gasteiger partial charge in [-0.15, -0.1) is 0 Å². The fraction of sp³-hybridized carbons (Fsp3) is 0.294. The van der Waals surface area contributed by atoms with Crippen LogP contribution >= 0.6 is 0 Å². The van der Waals surface area contributed by atoms with Crippen molar-refractivity contribution in [1.82, 2.24) is 19.5 Å². The summed E-state index contributed by atoms with van der Waals surface area (Å²) < 4.78 is 1.46. The van der Waals surface area contributed by atoms with Crippen molar-refractivity contribution in [3.8, 4) is 11.3 Å². The molecule has 3 rings (SSSR count). The van der Waals surface area contributed by atoms with E-state index in [1.54, 1.807) is 13.2 Å². The maximum absolute atomic E-state index is 12.5. The van der Waals surface area contributed by atoms with Crippen LogP contribution in [0.2, 0.25) is 0 Å². The molecule has 0 atom stereocenters. The maximum Gasteiger partial charge on any atom is 0.264 e. The second-order valence-electron chi connectivity index (χ2n) is 5.90. The van der Waals surface area contributed by atoms with E-state index >= 15 is 0 Å². The topological polar surface area (TPSA) is 72.7 Å². The van der Waals surface area contributed by atoms with Crippen LogP contribution in [0, 0.1) is 6.92 Å². The molecule has 0 saturated heterocycles. The molecule has 0 bridgehead atoms. The van der Waals surface area contributed by atoms with Crippen molar-refractivity contribution in [2.45, 2.75) is 26.8 Å². The first-order valence-corrected chi connectivity index (χ1v) is 7.51. The second kappa shape index (κ2) is 5.79. The summed E-state index contributed by atoms with van der Waals surface area (Å²) in [6.07, 6.45) is 3.31. The largest absolute Gasteiger partial charge is 0.367 e. The lowest BCUT2D eigenvalue weighted by atomic mass is 10.1. The number of aromatic nitrogens is 4. The van der Waals surface area contributed by atoms with E-state index in [9.17, 15) is 4.79 Å². The van der Waals surface area contributed by atoms with Gasteiger partial charge < -0.3 is 9.88 Å². The van der Waals surface area contributed by atoms with Crippen LogP contribution in [0.15, 0.2) is 35.5 Å². The quantitative estimate of drug-likeness (QED) is 0.805. The van der Waals surface area contributed by atoms with E-state index < -0.39 is 0 Å². The van der Waals surface area contributed by atoms with Crippen molar-refractivity contribution in [2.24, 2.45) is 7.05 Å². The average Bonchev–Trinajstić information content (AvgIpc) is 2.51. The second-order valence-corrected chi connectivity index (χ2v) is 5.90. The Morgan fingerprint density at radius 1 is 1.22 bits per heavy atom. The highest BCUT2D eigenvalue weighted by Gasteiger charge is 2.13. The Hall–Kier alpha value is -2.76. The lowest BCUT2D eigenvalue weighted by Crippen LogP contribution is -2.21. The first-order valence-electron chi connectivity index (χ1n) is 7.51. The third-order valence-electron chi connectivity index (χ3n) is 3.54. The monoisotopic (exact) mass is 309 g/mol. The Morgan fingerprint density at radius 3 is 2.65 bits per heavy atom. The standard InChI is InChI=1S/C17H19N5O/c1-10(2)20-16-15-14(19-9-22(4)17(15)23)7-13(21-16)12-6-5-11(3)18-8-12/h5-10H,1-4H3,(H,20,21). The van der Waals surface area contributed by atoms with Crippen LogP contribution in [0.25, 0.3) is 22.2 Å². The molecule has 0 radical (unpaired) electrons. The number of nitrogens with zero attached hydrogens (tertiary/aromatic N) is 4. The summed E-state index contributed by atoms with van der Waals surface area (Å²) in [5.74, 6) is 0.557. The van der Waals surface area contributed by atoms with Gasteiger partial charge in [-0.25, -0.2) is 9.97 Å². The van der Waals surface area contributed by atoms with Crippen LogP contribution in [-0.4, -0.2) is 25.6 Å². The molecule has 23 heavy (non-hydrogen) atoms. The van der Waals surface area contributed by atoms with Crippen molar-refractivity contribution >= 4 is 16.7 Å². The van der Waals surface area contributed by atoms with Crippen molar-refractivity contribution in [3.63, 3.8) is 0 Å². The van der Waals surface area contributed by atoms with Gasteiger partial charge in [0, 0.05) is 30.5 Å². The molecular weight excluding hydrogens is 290 g/mol. The van der Waals surface area contributed by atoms with Crippen LogP contribution in [0.3, 0.4) is 0 Å². The van der Waals surface area contributed by atoms with Gasteiger partial charge in [-0.2, -0.15) is 0 Å². The molecule has 0 spiro atoms. The molecule has 0 aliphatic heterocycles. The zero-order valence-electron chi connectivity index (χ0n) is 13.7. The van der Waals surface area contributed by atoms with Crippen LogP contribution in [-0.2, 0) is 7.05 Å². The smallest absolute Gasteiger partial charge is 0.264 e. The van der Waals surface area contributed by atoms with Gasteiger partial charge in [0.2, 0.25) is 0 Å². The molecular formula is C17H19N5O. The highest BCUT2D eigenvalue weighted by atomic mass is 16.1. The Balaban J connectivity index is 2.27. The molecule has 0 fully saturated rings. The van der Waals surface area contributed by atoms with Crippen LogP contribution in [0.4, 0.5) is 5.82 Å². The number of aryl methyl sites for hydroxylation is 2. The van der Waals surface area contributed by atoms with Crippen molar-refractivity contribution in [3.05, 3.63) is 46.8 Å². The number of nitrogens with one attached hydrogen (secondary N) is 1. The molecule has 6 heteroatoms. The number of pyridine rings is 2. The first kappa shape index (κ1) is 15.1. The summed E-state index contributed by atoms with van der Waals surface area (Å²) in [6.45, 7) is 5.96. The Bertz CT molecular complexity index is 913. The van der Waals surface area contributed by atoms with E-state index in [0.29, 0.717) is 16.7 Å². The first-order chi connectivity index (χ1) is 11.0. The lowest BCUT2D eigenvalue weighted by molar-refractivity contribution is 0.839. The highest BCUT2D eigenvalue weighted by molar-refractivity contribution is 5.91. The van der Waals surface area contributed by atoms with E-state index in [-0.39, 0.29) is 11.6 Å². The van der Waals surface area contributed by atoms with Crippen LogP contribution < -0.4 is 10.9 Å². The molecule has 1 N–H and O–H groups in total. The zero-order chi connectivity index (χ0) is 16.6. The molecule has 0 aliphatic carbocycles. The normalized spacial score (nSPS) is 11.2. The SMILES string of the molecule is Cc1ccc(-c2cc3ncn(C)c(=O)c3c(NC(C)C)n2)cn1. The summed E-state index contributed by atoms with van der Waals surface area (Å²) in [6, 6.07) is 5.89. The molecule has 0 saturated carbocycles. The third kappa shape index (κ3) is 2.92. The van der Waals surface area contributed by atoms with Gasteiger partial charge >= 0.3 is 0 Å². The minimum atomic E-state index is -0.112. The zero-order valence-corrected chi connectivity index (χ0v) is 13.7. The Kier molecular flexibility index (Phi) is 3.82. The molecule has 0 aliphatic rings. The van der Waals surface area contributed by atoms with Gasteiger partial charge in [-0.3, -0.25) is 9.78 Å².